The molecule has 0 saturated heterocycles. The fourth-order valence-corrected chi connectivity index (χ4v) is 1.45. The van der Waals surface area contributed by atoms with Crippen molar-refractivity contribution in [3.63, 3.8) is 0 Å². The molecule has 1 aromatic carbocycles. The van der Waals surface area contributed by atoms with Gasteiger partial charge in [-0.05, 0) is 34.7 Å². The van der Waals surface area contributed by atoms with E-state index >= 15 is 0 Å². The number of nitriles is 1. The summed E-state index contributed by atoms with van der Waals surface area (Å²) in [6.07, 6.45) is -4.72. The Morgan fingerprint density at radius 3 is 2.29 bits per heavy atom. The first-order valence-electron chi connectivity index (χ1n) is 3.33. The molecule has 1 nitrogen and oxygen atoms in total. The largest absolute Gasteiger partial charge is 0.419 e. The number of alkyl halides is 3. The van der Waals surface area contributed by atoms with Crippen LogP contribution in [0.25, 0.3) is 0 Å². The van der Waals surface area contributed by atoms with Crippen LogP contribution in [0.4, 0.5) is 17.6 Å². The van der Waals surface area contributed by atoms with E-state index in [1.807, 2.05) is 0 Å². The molecule has 0 atom stereocenters. The van der Waals surface area contributed by atoms with E-state index in [2.05, 4.69) is 0 Å². The van der Waals surface area contributed by atoms with Crippen LogP contribution in [-0.2, 0) is 6.18 Å². The van der Waals surface area contributed by atoms with E-state index in [0.717, 1.165) is 6.07 Å². The Morgan fingerprint density at radius 1 is 1.29 bits per heavy atom. The van der Waals surface area contributed by atoms with Gasteiger partial charge in [0.1, 0.15) is 11.9 Å². The third-order valence-electron chi connectivity index (χ3n) is 1.51. The molecule has 0 aliphatic rings. The third-order valence-corrected chi connectivity index (χ3v) is 2.56. The summed E-state index contributed by atoms with van der Waals surface area (Å²) in [5.74, 6) is -1.39. The summed E-state index contributed by atoms with van der Waals surface area (Å²) in [4.78, 5) is 0. The zero-order chi connectivity index (χ0) is 10.9. The fourth-order valence-electron chi connectivity index (χ4n) is 0.855. The van der Waals surface area contributed by atoms with Crippen molar-refractivity contribution in [3.05, 3.63) is 32.6 Å². The van der Waals surface area contributed by atoms with Gasteiger partial charge >= 0.3 is 6.18 Å². The second kappa shape index (κ2) is 3.73. The van der Waals surface area contributed by atoms with Crippen LogP contribution in [0.15, 0.2) is 12.1 Å². The highest BCUT2D eigenvalue weighted by molar-refractivity contribution is 14.1. The monoisotopic (exact) mass is 315 g/mol. The minimum absolute atomic E-state index is 0.101. The Bertz CT molecular complexity index is 405. The predicted molar refractivity (Wildman–Crippen MR) is 48.8 cm³/mol. The lowest BCUT2D eigenvalue weighted by atomic mass is 10.1. The van der Waals surface area contributed by atoms with Gasteiger partial charge in [0.2, 0.25) is 0 Å². The Balaban J connectivity index is 3.41. The first-order valence-corrected chi connectivity index (χ1v) is 4.41. The molecule has 0 aromatic heterocycles. The predicted octanol–water partition coefficient (Wildman–Crippen LogP) is 3.32. The van der Waals surface area contributed by atoms with Crippen LogP contribution in [0.1, 0.15) is 11.1 Å². The van der Waals surface area contributed by atoms with Crippen LogP contribution in [0.3, 0.4) is 0 Å². The average Bonchev–Trinajstić information content (AvgIpc) is 2.07. The number of hydrogen-bond donors (Lipinski definition) is 0. The number of nitrogens with zero attached hydrogens (tertiary/aromatic N) is 1. The summed E-state index contributed by atoms with van der Waals surface area (Å²) in [6.45, 7) is 0. The van der Waals surface area contributed by atoms with Crippen LogP contribution >= 0.6 is 22.6 Å². The standard InChI is InChI=1S/C8H2F4IN/c9-6-5(8(10,11)12)2-1-4(3-14)7(6)13/h1-2H. The van der Waals surface area contributed by atoms with Crippen molar-refractivity contribution in [2.45, 2.75) is 6.18 Å². The molecule has 0 radical (unpaired) electrons. The van der Waals surface area contributed by atoms with Gasteiger partial charge in [-0.3, -0.25) is 0 Å². The van der Waals surface area contributed by atoms with E-state index in [1.54, 1.807) is 6.07 Å². The molecule has 0 fully saturated rings. The molecule has 1 aromatic rings. The van der Waals surface area contributed by atoms with Gasteiger partial charge in [0.25, 0.3) is 0 Å². The van der Waals surface area contributed by atoms with Gasteiger partial charge in [-0.15, -0.1) is 0 Å². The zero-order valence-corrected chi connectivity index (χ0v) is 8.65. The molecular formula is C8H2F4IN. The van der Waals surface area contributed by atoms with Crippen LogP contribution < -0.4 is 0 Å². The number of hydrogen-bond acceptors (Lipinski definition) is 1. The highest BCUT2D eigenvalue weighted by Gasteiger charge is 2.35. The van der Waals surface area contributed by atoms with E-state index in [1.165, 1.54) is 22.6 Å². The number of rotatable bonds is 0. The molecule has 0 bridgehead atoms. The SMILES string of the molecule is N#Cc1ccc(C(F)(F)F)c(F)c1I. The lowest BCUT2D eigenvalue weighted by Crippen LogP contribution is -2.09. The Morgan fingerprint density at radius 2 is 1.86 bits per heavy atom. The van der Waals surface area contributed by atoms with E-state index in [4.69, 9.17) is 5.26 Å². The zero-order valence-electron chi connectivity index (χ0n) is 6.49. The maximum absolute atomic E-state index is 13.1. The molecule has 0 aliphatic heterocycles. The smallest absolute Gasteiger partial charge is 0.205 e. The molecule has 0 heterocycles. The topological polar surface area (TPSA) is 23.8 Å². The summed E-state index contributed by atoms with van der Waals surface area (Å²) >= 11 is 1.37. The van der Waals surface area contributed by atoms with E-state index in [0.29, 0.717) is 6.07 Å². The molecule has 0 N–H and O–H groups in total. The summed E-state index contributed by atoms with van der Waals surface area (Å²) < 4.78 is 49.2. The second-order valence-electron chi connectivity index (χ2n) is 2.40. The summed E-state index contributed by atoms with van der Waals surface area (Å²) in [5.41, 5.74) is -1.45. The minimum atomic E-state index is -4.72. The Hall–Kier alpha value is -0.840. The highest BCUT2D eigenvalue weighted by Crippen LogP contribution is 2.33. The maximum atomic E-state index is 13.1. The normalized spacial score (nSPS) is 11.1. The van der Waals surface area contributed by atoms with Crippen LogP contribution in [0.2, 0.25) is 0 Å². The number of halogens is 5. The minimum Gasteiger partial charge on any atom is -0.205 e. The van der Waals surface area contributed by atoms with E-state index in [9.17, 15) is 17.6 Å². The van der Waals surface area contributed by atoms with Gasteiger partial charge in [0.15, 0.2) is 0 Å². The summed E-state index contributed by atoms with van der Waals surface area (Å²) in [5, 5.41) is 8.43. The molecule has 0 amide bonds. The second-order valence-corrected chi connectivity index (χ2v) is 3.48. The van der Waals surface area contributed by atoms with E-state index < -0.39 is 17.6 Å². The Labute approximate surface area is 90.5 Å². The molecule has 0 saturated carbocycles. The van der Waals surface area contributed by atoms with Crippen molar-refractivity contribution in [3.8, 4) is 6.07 Å². The summed E-state index contributed by atoms with van der Waals surface area (Å²) in [7, 11) is 0. The molecule has 0 aliphatic carbocycles. The van der Waals surface area contributed by atoms with Crippen molar-refractivity contribution in [1.82, 2.24) is 0 Å². The van der Waals surface area contributed by atoms with Gasteiger partial charge < -0.3 is 0 Å². The van der Waals surface area contributed by atoms with Gasteiger partial charge in [-0.1, -0.05) is 0 Å². The Kier molecular flexibility index (Phi) is 2.99. The average molecular weight is 315 g/mol. The first kappa shape index (κ1) is 11.2. The highest BCUT2D eigenvalue weighted by atomic mass is 127. The molecular weight excluding hydrogens is 313 g/mol. The first-order chi connectivity index (χ1) is 6.38. The van der Waals surface area contributed by atoms with Crippen molar-refractivity contribution in [2.75, 3.05) is 0 Å². The molecule has 1 rings (SSSR count). The van der Waals surface area contributed by atoms with Crippen molar-refractivity contribution < 1.29 is 17.6 Å². The van der Waals surface area contributed by atoms with Crippen LogP contribution in [0.5, 0.6) is 0 Å². The van der Waals surface area contributed by atoms with E-state index in [-0.39, 0.29) is 9.13 Å². The van der Waals surface area contributed by atoms with Crippen molar-refractivity contribution >= 4 is 22.6 Å². The van der Waals surface area contributed by atoms with Gasteiger partial charge in [0, 0.05) is 0 Å². The van der Waals surface area contributed by atoms with Crippen molar-refractivity contribution in [1.29, 1.82) is 5.26 Å². The van der Waals surface area contributed by atoms with Crippen molar-refractivity contribution in [2.24, 2.45) is 0 Å². The summed E-state index contributed by atoms with van der Waals surface area (Å²) in [6, 6.07) is 3.12. The molecule has 0 unspecified atom stereocenters. The lowest BCUT2D eigenvalue weighted by Gasteiger charge is -2.09. The molecule has 0 spiro atoms. The quantitative estimate of drug-likeness (QED) is 0.532. The molecule has 6 heteroatoms. The van der Waals surface area contributed by atoms with Gasteiger partial charge in [-0.2, -0.15) is 18.4 Å². The maximum Gasteiger partial charge on any atom is 0.419 e. The molecule has 14 heavy (non-hydrogen) atoms. The van der Waals surface area contributed by atoms with Gasteiger partial charge in [0.05, 0.1) is 14.7 Å². The fraction of sp³-hybridized carbons (Fsp3) is 0.125. The third kappa shape index (κ3) is 1.97. The number of benzene rings is 1. The lowest BCUT2D eigenvalue weighted by molar-refractivity contribution is -0.140. The van der Waals surface area contributed by atoms with Crippen LogP contribution in [-0.4, -0.2) is 0 Å². The molecule has 74 valence electrons. The van der Waals surface area contributed by atoms with Gasteiger partial charge in [-0.25, -0.2) is 4.39 Å². The van der Waals surface area contributed by atoms with Crippen LogP contribution in [0, 0.1) is 20.7 Å².